The smallest absolute Gasteiger partial charge is 0.160 e. The van der Waals surface area contributed by atoms with E-state index in [4.69, 9.17) is 11.6 Å². The highest BCUT2D eigenvalue weighted by atomic mass is 35.5. The van der Waals surface area contributed by atoms with Gasteiger partial charge >= 0.3 is 0 Å². The summed E-state index contributed by atoms with van der Waals surface area (Å²) in [6.07, 6.45) is 4.25. The number of hydrogen-bond acceptors (Lipinski definition) is 4. The molecule has 0 unspecified atom stereocenters. The zero-order valence-corrected chi connectivity index (χ0v) is 12.0. The number of halogens is 1. The lowest BCUT2D eigenvalue weighted by Gasteiger charge is -2.07. The van der Waals surface area contributed by atoms with Crippen LogP contribution in [0.2, 0.25) is 0 Å². The molecule has 104 valence electrons. The number of hydrogen-bond donors (Lipinski definition) is 0. The molecule has 0 fully saturated rings. The third kappa shape index (κ3) is 2.51. The first-order chi connectivity index (χ1) is 9.78. The highest BCUT2D eigenvalue weighted by Crippen LogP contribution is 2.16. The van der Waals surface area contributed by atoms with Gasteiger partial charge in [-0.1, -0.05) is 5.21 Å². The highest BCUT2D eigenvalue weighted by Gasteiger charge is 2.11. The Labute approximate surface area is 121 Å². The molecule has 3 heterocycles. The van der Waals surface area contributed by atoms with E-state index in [1.54, 1.807) is 10.9 Å². The van der Waals surface area contributed by atoms with Crippen LogP contribution in [0, 0.1) is 6.92 Å². The molecule has 0 spiro atoms. The minimum absolute atomic E-state index is 0.547. The van der Waals surface area contributed by atoms with Gasteiger partial charge in [-0.2, -0.15) is 0 Å². The second-order valence-corrected chi connectivity index (χ2v) is 4.96. The van der Waals surface area contributed by atoms with Crippen LogP contribution in [0.3, 0.4) is 0 Å². The average Bonchev–Trinajstić information content (AvgIpc) is 3.04. The average molecular weight is 291 g/mol. The fourth-order valence-corrected chi connectivity index (χ4v) is 2.38. The first-order valence-corrected chi connectivity index (χ1v) is 7.04. The van der Waals surface area contributed by atoms with E-state index in [-0.39, 0.29) is 0 Å². The molecule has 0 atom stereocenters. The molecule has 0 saturated carbocycles. The minimum atomic E-state index is 0.547. The number of fused-ring (bicyclic) bond motifs is 1. The maximum absolute atomic E-state index is 5.87. The third-order valence-corrected chi connectivity index (χ3v) is 3.34. The van der Waals surface area contributed by atoms with Crippen molar-refractivity contribution in [2.45, 2.75) is 26.4 Å². The van der Waals surface area contributed by atoms with Crippen molar-refractivity contribution in [3.8, 4) is 0 Å². The van der Waals surface area contributed by atoms with E-state index in [0.29, 0.717) is 5.88 Å². The topological polar surface area (TPSA) is 61.4 Å². The molecule has 6 nitrogen and oxygen atoms in total. The number of alkyl halides is 1. The highest BCUT2D eigenvalue weighted by molar-refractivity contribution is 6.17. The van der Waals surface area contributed by atoms with Crippen molar-refractivity contribution in [1.29, 1.82) is 0 Å². The van der Waals surface area contributed by atoms with Crippen LogP contribution in [0.15, 0.2) is 24.5 Å². The summed E-state index contributed by atoms with van der Waals surface area (Å²) in [7, 11) is 0. The zero-order valence-electron chi connectivity index (χ0n) is 11.2. The number of rotatable bonds is 5. The molecular weight excluding hydrogens is 276 g/mol. The van der Waals surface area contributed by atoms with Crippen LogP contribution in [0.25, 0.3) is 11.2 Å². The molecule has 0 aromatic carbocycles. The second kappa shape index (κ2) is 5.58. The molecule has 20 heavy (non-hydrogen) atoms. The molecule has 3 aromatic heterocycles. The molecule has 3 aromatic rings. The van der Waals surface area contributed by atoms with E-state index in [9.17, 15) is 0 Å². The molecule has 0 bridgehead atoms. The van der Waals surface area contributed by atoms with Crippen molar-refractivity contribution < 1.29 is 0 Å². The van der Waals surface area contributed by atoms with Crippen LogP contribution < -0.4 is 0 Å². The van der Waals surface area contributed by atoms with Crippen molar-refractivity contribution in [2.24, 2.45) is 0 Å². The van der Waals surface area contributed by atoms with Gasteiger partial charge in [-0.15, -0.1) is 16.7 Å². The molecule has 0 N–H and O–H groups in total. The number of pyridine rings is 1. The fourth-order valence-electron chi connectivity index (χ4n) is 2.21. The van der Waals surface area contributed by atoms with Crippen LogP contribution >= 0.6 is 11.6 Å². The number of nitrogens with zero attached hydrogens (tertiary/aromatic N) is 6. The van der Waals surface area contributed by atoms with Crippen LogP contribution in [0.5, 0.6) is 0 Å². The summed E-state index contributed by atoms with van der Waals surface area (Å²) in [6, 6.07) is 3.98. The molecule has 0 radical (unpaired) electrons. The lowest BCUT2D eigenvalue weighted by atomic mass is 10.3. The van der Waals surface area contributed by atoms with E-state index in [1.165, 1.54) is 0 Å². The Hall–Kier alpha value is -1.95. The molecule has 7 heteroatoms. The van der Waals surface area contributed by atoms with Crippen LogP contribution in [-0.4, -0.2) is 35.4 Å². The SMILES string of the molecule is Cc1ccc2nc(CCCl)n(CCn3ccnn3)c2n1. The van der Waals surface area contributed by atoms with Crippen LogP contribution in [0.4, 0.5) is 0 Å². The normalized spacial score (nSPS) is 11.3. The first-order valence-electron chi connectivity index (χ1n) is 6.51. The lowest BCUT2D eigenvalue weighted by Crippen LogP contribution is -2.12. The second-order valence-electron chi connectivity index (χ2n) is 4.58. The Morgan fingerprint density at radius 2 is 2.10 bits per heavy atom. The maximum Gasteiger partial charge on any atom is 0.160 e. The molecule has 0 aliphatic rings. The van der Waals surface area contributed by atoms with Crippen molar-refractivity contribution >= 4 is 22.8 Å². The quantitative estimate of drug-likeness (QED) is 0.672. The van der Waals surface area contributed by atoms with E-state index < -0.39 is 0 Å². The standard InChI is InChI=1S/C13H15ClN6/c1-10-2-3-11-13(16-10)20(12(17-11)4-5-14)9-8-19-7-6-15-18-19/h2-3,6-7H,4-5,8-9H2,1H3. The van der Waals surface area contributed by atoms with E-state index in [2.05, 4.69) is 24.8 Å². The Balaban J connectivity index is 1.96. The van der Waals surface area contributed by atoms with E-state index in [1.807, 2.05) is 25.3 Å². The Bertz CT molecular complexity index is 703. The summed E-state index contributed by atoms with van der Waals surface area (Å²) in [5.41, 5.74) is 2.80. The van der Waals surface area contributed by atoms with Gasteiger partial charge in [0.05, 0.1) is 12.7 Å². The van der Waals surface area contributed by atoms with E-state index >= 15 is 0 Å². The van der Waals surface area contributed by atoms with Gasteiger partial charge in [0.15, 0.2) is 5.65 Å². The number of aryl methyl sites for hydroxylation is 4. The van der Waals surface area contributed by atoms with Gasteiger partial charge in [0.2, 0.25) is 0 Å². The summed E-state index contributed by atoms with van der Waals surface area (Å²) in [5, 5.41) is 7.78. The predicted octanol–water partition coefficient (Wildman–Crippen LogP) is 1.81. The van der Waals surface area contributed by atoms with Gasteiger partial charge in [-0.05, 0) is 19.1 Å². The van der Waals surface area contributed by atoms with Crippen molar-refractivity contribution in [3.63, 3.8) is 0 Å². The largest absolute Gasteiger partial charge is 0.311 e. The molecule has 0 aliphatic carbocycles. The lowest BCUT2D eigenvalue weighted by molar-refractivity contribution is 0.514. The molecule has 0 amide bonds. The van der Waals surface area contributed by atoms with Gasteiger partial charge in [-0.25, -0.2) is 9.97 Å². The van der Waals surface area contributed by atoms with Crippen LogP contribution in [-0.2, 0) is 19.5 Å². The zero-order chi connectivity index (χ0) is 13.9. The van der Waals surface area contributed by atoms with E-state index in [0.717, 1.165) is 42.2 Å². The monoisotopic (exact) mass is 290 g/mol. The first kappa shape index (κ1) is 13.1. The Morgan fingerprint density at radius 1 is 1.20 bits per heavy atom. The third-order valence-electron chi connectivity index (χ3n) is 3.15. The predicted molar refractivity (Wildman–Crippen MR) is 76.7 cm³/mol. The van der Waals surface area contributed by atoms with Gasteiger partial charge < -0.3 is 4.57 Å². The summed E-state index contributed by atoms with van der Waals surface area (Å²) < 4.78 is 3.92. The van der Waals surface area contributed by atoms with Crippen molar-refractivity contribution in [3.05, 3.63) is 36.0 Å². The van der Waals surface area contributed by atoms with Gasteiger partial charge in [0.25, 0.3) is 0 Å². The summed E-state index contributed by atoms with van der Waals surface area (Å²) >= 11 is 5.87. The summed E-state index contributed by atoms with van der Waals surface area (Å²) in [5.74, 6) is 1.51. The number of imidazole rings is 1. The molecule has 3 rings (SSSR count). The Kier molecular flexibility index (Phi) is 3.64. The fraction of sp³-hybridized carbons (Fsp3) is 0.385. The summed E-state index contributed by atoms with van der Waals surface area (Å²) in [6.45, 7) is 3.47. The Morgan fingerprint density at radius 3 is 2.85 bits per heavy atom. The van der Waals surface area contributed by atoms with Crippen LogP contribution in [0.1, 0.15) is 11.5 Å². The van der Waals surface area contributed by atoms with Crippen molar-refractivity contribution in [1.82, 2.24) is 29.5 Å². The maximum atomic E-state index is 5.87. The van der Waals surface area contributed by atoms with Gasteiger partial charge in [-0.3, -0.25) is 4.68 Å². The molecule has 0 aliphatic heterocycles. The molecule has 0 saturated heterocycles. The van der Waals surface area contributed by atoms with Gasteiger partial charge in [0, 0.05) is 30.7 Å². The minimum Gasteiger partial charge on any atom is -0.311 e. The van der Waals surface area contributed by atoms with Gasteiger partial charge in [0.1, 0.15) is 11.3 Å². The molecular formula is C13H15ClN6. The summed E-state index contributed by atoms with van der Waals surface area (Å²) in [4.78, 5) is 9.20. The van der Waals surface area contributed by atoms with Crippen molar-refractivity contribution in [2.75, 3.05) is 5.88 Å². The number of aromatic nitrogens is 6.